The van der Waals surface area contributed by atoms with Crippen LogP contribution in [0.1, 0.15) is 16.1 Å². The molecule has 174 valence electrons. The van der Waals surface area contributed by atoms with Crippen molar-refractivity contribution in [2.75, 3.05) is 31.6 Å². The maximum Gasteiger partial charge on any atom is 0.262 e. The first-order chi connectivity index (χ1) is 16.4. The van der Waals surface area contributed by atoms with Gasteiger partial charge >= 0.3 is 0 Å². The molecule has 0 saturated carbocycles. The molecule has 0 spiro atoms. The third kappa shape index (κ3) is 4.41. The van der Waals surface area contributed by atoms with Gasteiger partial charge in [0.15, 0.2) is 6.61 Å². The number of carbonyl (C=O) groups is 2. The molecule has 0 radical (unpaired) electrons. The summed E-state index contributed by atoms with van der Waals surface area (Å²) in [7, 11) is 0. The van der Waals surface area contributed by atoms with Gasteiger partial charge < -0.3 is 19.7 Å². The maximum absolute atomic E-state index is 14.5. The van der Waals surface area contributed by atoms with Gasteiger partial charge in [0.25, 0.3) is 11.8 Å². The number of halogens is 2. The van der Waals surface area contributed by atoms with Gasteiger partial charge in [-0.05, 0) is 43.3 Å². The molecule has 3 aromatic rings. The molecule has 2 aliphatic heterocycles. The van der Waals surface area contributed by atoms with E-state index in [2.05, 4.69) is 10.3 Å². The summed E-state index contributed by atoms with van der Waals surface area (Å²) in [6.07, 6.45) is 0. The zero-order valence-corrected chi connectivity index (χ0v) is 19.1. The van der Waals surface area contributed by atoms with E-state index in [4.69, 9.17) is 21.1 Å². The summed E-state index contributed by atoms with van der Waals surface area (Å²) in [6.45, 7) is 3.00. The number of hydrogen-bond donors (Lipinski definition) is 1. The average molecular weight is 482 g/mol. The molecule has 0 aliphatic carbocycles. The van der Waals surface area contributed by atoms with E-state index in [9.17, 15) is 14.0 Å². The summed E-state index contributed by atoms with van der Waals surface area (Å²) < 4.78 is 25.7. The number of aryl methyl sites for hydroxylation is 1. The topological polar surface area (TPSA) is 80.8 Å². The fourth-order valence-corrected chi connectivity index (χ4v) is 4.18. The zero-order chi connectivity index (χ0) is 23.8. The van der Waals surface area contributed by atoms with E-state index >= 15 is 0 Å². The summed E-state index contributed by atoms with van der Waals surface area (Å²) in [5.74, 6) is -0.500. The Hall–Kier alpha value is -3.65. The largest absolute Gasteiger partial charge is 0.492 e. The molecule has 2 aromatic carbocycles. The number of pyridine rings is 1. The Morgan fingerprint density at radius 2 is 2.09 bits per heavy atom. The second-order valence-electron chi connectivity index (χ2n) is 8.36. The predicted octanol–water partition coefficient (Wildman–Crippen LogP) is 4.33. The lowest BCUT2D eigenvalue weighted by atomic mass is 9.99. The lowest BCUT2D eigenvalue weighted by molar-refractivity contribution is -0.118. The number of likely N-dealkylation sites (tertiary alicyclic amines) is 1. The van der Waals surface area contributed by atoms with Gasteiger partial charge in [0, 0.05) is 41.4 Å². The lowest BCUT2D eigenvalue weighted by Gasteiger charge is -2.39. The summed E-state index contributed by atoms with van der Waals surface area (Å²) in [5, 5.41) is 3.18. The summed E-state index contributed by atoms with van der Waals surface area (Å²) >= 11 is 6.20. The standard InChI is InChI=1S/C25H21ClFN3O4/c1-14-3-2-4-20(28-14)18-7-16(26)5-6-22(18)33-12-15-10-30(11-15)25(32)17-8-21-23(9-19(17)27)34-13-24(31)29-21/h2-9,15H,10-13H2,1H3,(H,29,31). The Morgan fingerprint density at radius 1 is 1.26 bits per heavy atom. The van der Waals surface area contributed by atoms with Crippen molar-refractivity contribution in [2.24, 2.45) is 5.92 Å². The monoisotopic (exact) mass is 481 g/mol. The number of rotatable bonds is 5. The molecular formula is C25H21ClFN3O4. The van der Waals surface area contributed by atoms with Gasteiger partial charge in [0.2, 0.25) is 0 Å². The second-order valence-corrected chi connectivity index (χ2v) is 8.79. The van der Waals surface area contributed by atoms with Crippen LogP contribution in [0.5, 0.6) is 11.5 Å². The normalized spacial score (nSPS) is 15.1. The van der Waals surface area contributed by atoms with Crippen LogP contribution in [0.2, 0.25) is 5.02 Å². The van der Waals surface area contributed by atoms with Crippen molar-refractivity contribution in [1.82, 2.24) is 9.88 Å². The number of fused-ring (bicyclic) bond motifs is 1. The molecule has 34 heavy (non-hydrogen) atoms. The van der Waals surface area contributed by atoms with Crippen molar-refractivity contribution in [1.29, 1.82) is 0 Å². The van der Waals surface area contributed by atoms with Crippen molar-refractivity contribution < 1.29 is 23.5 Å². The quantitative estimate of drug-likeness (QED) is 0.586. The Kier molecular flexibility index (Phi) is 5.83. The molecule has 9 heteroatoms. The fraction of sp³-hybridized carbons (Fsp3) is 0.240. The first kappa shape index (κ1) is 22.2. The molecule has 0 bridgehead atoms. The van der Waals surface area contributed by atoms with Crippen LogP contribution in [0.15, 0.2) is 48.5 Å². The number of ether oxygens (including phenoxy) is 2. The van der Waals surface area contributed by atoms with Crippen molar-refractivity contribution in [3.05, 3.63) is 70.6 Å². The minimum atomic E-state index is -0.684. The van der Waals surface area contributed by atoms with Crippen LogP contribution < -0.4 is 14.8 Å². The predicted molar refractivity (Wildman–Crippen MR) is 125 cm³/mol. The molecule has 0 atom stereocenters. The summed E-state index contributed by atoms with van der Waals surface area (Å²) in [6, 6.07) is 13.6. The van der Waals surface area contributed by atoms with Crippen LogP contribution in [0, 0.1) is 18.7 Å². The highest BCUT2D eigenvalue weighted by atomic mass is 35.5. The number of hydrogen-bond acceptors (Lipinski definition) is 5. The van der Waals surface area contributed by atoms with Gasteiger partial charge in [-0.3, -0.25) is 14.6 Å². The van der Waals surface area contributed by atoms with Gasteiger partial charge in [-0.25, -0.2) is 4.39 Å². The van der Waals surface area contributed by atoms with E-state index in [0.717, 1.165) is 23.0 Å². The van der Waals surface area contributed by atoms with E-state index in [1.54, 1.807) is 11.0 Å². The molecule has 2 amide bonds. The molecule has 0 unspecified atom stereocenters. The average Bonchev–Trinajstić information content (AvgIpc) is 2.78. The van der Waals surface area contributed by atoms with Gasteiger partial charge in [0.05, 0.1) is 23.6 Å². The van der Waals surface area contributed by atoms with Gasteiger partial charge in [-0.1, -0.05) is 17.7 Å². The molecule has 5 rings (SSSR count). The fourth-order valence-electron chi connectivity index (χ4n) is 4.01. The second kappa shape index (κ2) is 8.95. The molecule has 1 saturated heterocycles. The smallest absolute Gasteiger partial charge is 0.262 e. The Bertz CT molecular complexity index is 1290. The van der Waals surface area contributed by atoms with Crippen molar-refractivity contribution in [3.8, 4) is 22.8 Å². The first-order valence-electron chi connectivity index (χ1n) is 10.8. The highest BCUT2D eigenvalue weighted by Gasteiger charge is 2.34. The van der Waals surface area contributed by atoms with Crippen molar-refractivity contribution >= 4 is 29.1 Å². The highest BCUT2D eigenvalue weighted by molar-refractivity contribution is 6.31. The van der Waals surface area contributed by atoms with Gasteiger partial charge in [-0.2, -0.15) is 0 Å². The number of anilines is 1. The van der Waals surface area contributed by atoms with Crippen LogP contribution in [0.3, 0.4) is 0 Å². The highest BCUT2D eigenvalue weighted by Crippen LogP contribution is 2.34. The molecule has 1 aromatic heterocycles. The molecule has 7 nitrogen and oxygen atoms in total. The maximum atomic E-state index is 14.5. The lowest BCUT2D eigenvalue weighted by Crippen LogP contribution is -2.52. The van der Waals surface area contributed by atoms with E-state index in [1.807, 2.05) is 37.3 Å². The number of carbonyl (C=O) groups excluding carboxylic acids is 2. The van der Waals surface area contributed by atoms with Crippen LogP contribution in [-0.2, 0) is 4.79 Å². The Morgan fingerprint density at radius 3 is 2.88 bits per heavy atom. The van der Waals surface area contributed by atoms with Gasteiger partial charge in [-0.15, -0.1) is 0 Å². The Balaban J connectivity index is 1.23. The molecule has 1 fully saturated rings. The molecule has 2 aliphatic rings. The van der Waals surface area contributed by atoms with Crippen LogP contribution >= 0.6 is 11.6 Å². The third-order valence-electron chi connectivity index (χ3n) is 5.76. The minimum Gasteiger partial charge on any atom is -0.492 e. The van der Waals surface area contributed by atoms with E-state index in [-0.39, 0.29) is 29.7 Å². The van der Waals surface area contributed by atoms with Crippen LogP contribution in [-0.4, -0.2) is 48.0 Å². The molecule has 1 N–H and O–H groups in total. The Labute approximate surface area is 200 Å². The number of nitrogens with one attached hydrogen (secondary N) is 1. The van der Waals surface area contributed by atoms with Crippen LogP contribution in [0.4, 0.5) is 10.1 Å². The molecule has 3 heterocycles. The number of aromatic nitrogens is 1. The number of amides is 2. The molecular weight excluding hydrogens is 461 g/mol. The first-order valence-corrected chi connectivity index (χ1v) is 11.2. The summed E-state index contributed by atoms with van der Waals surface area (Å²) in [4.78, 5) is 30.4. The van der Waals surface area contributed by atoms with E-state index in [0.29, 0.717) is 36.2 Å². The zero-order valence-electron chi connectivity index (χ0n) is 18.3. The summed E-state index contributed by atoms with van der Waals surface area (Å²) in [5.41, 5.74) is 2.64. The number of benzene rings is 2. The SMILES string of the molecule is Cc1cccc(-c2cc(Cl)ccc2OCC2CN(C(=O)c3cc4c(cc3F)OCC(=O)N4)C2)n1. The third-order valence-corrected chi connectivity index (χ3v) is 5.99. The van der Waals surface area contributed by atoms with Crippen LogP contribution in [0.25, 0.3) is 11.3 Å². The van der Waals surface area contributed by atoms with Crippen molar-refractivity contribution in [3.63, 3.8) is 0 Å². The van der Waals surface area contributed by atoms with E-state index in [1.165, 1.54) is 6.07 Å². The minimum absolute atomic E-state index is 0.0988. The number of nitrogens with zero attached hydrogens (tertiary/aromatic N) is 2. The van der Waals surface area contributed by atoms with Crippen molar-refractivity contribution in [2.45, 2.75) is 6.92 Å². The van der Waals surface area contributed by atoms with Gasteiger partial charge in [0.1, 0.15) is 17.3 Å². The van der Waals surface area contributed by atoms with E-state index < -0.39 is 11.7 Å².